The highest BCUT2D eigenvalue weighted by atomic mass is 32.2. The summed E-state index contributed by atoms with van der Waals surface area (Å²) in [5.74, 6) is -1.89. The second kappa shape index (κ2) is 16.9. The molecule has 1 amide bonds. The molecule has 18 heteroatoms. The van der Waals surface area contributed by atoms with Crippen LogP contribution in [0.15, 0.2) is 65.3 Å². The van der Waals surface area contributed by atoms with Crippen molar-refractivity contribution in [1.29, 1.82) is 0 Å². The molecule has 0 aliphatic carbocycles. The van der Waals surface area contributed by atoms with E-state index in [-0.39, 0.29) is 48.3 Å². The molecular formula is C33H37N5O10S3. The van der Waals surface area contributed by atoms with Crippen molar-refractivity contribution in [3.8, 4) is 0 Å². The van der Waals surface area contributed by atoms with E-state index in [9.17, 15) is 29.1 Å². The number of fused-ring (bicyclic) bond motifs is 1. The van der Waals surface area contributed by atoms with Crippen LogP contribution in [-0.2, 0) is 30.5 Å². The van der Waals surface area contributed by atoms with E-state index in [2.05, 4.69) is 20.8 Å². The molecule has 1 aromatic carbocycles. The van der Waals surface area contributed by atoms with Crippen LogP contribution in [0.3, 0.4) is 0 Å². The monoisotopic (exact) mass is 759 g/mol. The van der Waals surface area contributed by atoms with E-state index in [4.69, 9.17) is 18.3 Å². The Bertz CT molecular complexity index is 1920. The minimum Gasteiger partial charge on any atom is -0.463 e. The molecule has 3 N–H and O–H groups in total. The van der Waals surface area contributed by atoms with E-state index < -0.39 is 47.2 Å². The molecule has 2 unspecified atom stereocenters. The number of carbonyl (C=O) groups is 4. The Morgan fingerprint density at radius 2 is 1.94 bits per heavy atom. The number of nitrogens with one attached hydrogen (secondary N) is 2. The van der Waals surface area contributed by atoms with E-state index in [1.807, 2.05) is 6.92 Å². The van der Waals surface area contributed by atoms with Crippen molar-refractivity contribution >= 4 is 58.5 Å². The summed E-state index contributed by atoms with van der Waals surface area (Å²) in [6.07, 6.45) is 0.111. The number of carbonyl (C=O) groups excluding carboxylic acids is 4. The third kappa shape index (κ3) is 8.99. The molecule has 2 aromatic heterocycles. The highest BCUT2D eigenvalue weighted by molar-refractivity contribution is 8.01. The average Bonchev–Trinajstić information content (AvgIpc) is 3.67. The number of thioether (sulfide) groups is 2. The Labute approximate surface area is 305 Å². The van der Waals surface area contributed by atoms with Crippen molar-refractivity contribution in [1.82, 2.24) is 25.7 Å². The van der Waals surface area contributed by atoms with Gasteiger partial charge in [0.25, 0.3) is 0 Å². The van der Waals surface area contributed by atoms with Gasteiger partial charge in [-0.3, -0.25) is 14.5 Å². The van der Waals surface area contributed by atoms with Crippen molar-refractivity contribution < 1.29 is 42.6 Å². The molecule has 0 spiro atoms. The number of esters is 2. The summed E-state index contributed by atoms with van der Waals surface area (Å²) < 4.78 is 20.9. The van der Waals surface area contributed by atoms with Gasteiger partial charge >= 0.3 is 17.8 Å². The van der Waals surface area contributed by atoms with Crippen LogP contribution in [-0.4, -0.2) is 85.9 Å². The maximum absolute atomic E-state index is 13.6. The molecule has 2 aliphatic rings. The zero-order chi connectivity index (χ0) is 36.8. The zero-order valence-electron chi connectivity index (χ0n) is 28.4. The number of aliphatic hydroxyl groups excluding tert-OH is 1. The Hall–Kier alpha value is -4.23. The lowest BCUT2D eigenvalue weighted by Gasteiger charge is -2.50. The number of aliphatic hydroxyl groups is 1. The number of benzene rings is 1. The van der Waals surface area contributed by atoms with Gasteiger partial charge in [0.2, 0.25) is 5.91 Å². The van der Waals surface area contributed by atoms with Crippen molar-refractivity contribution in [3.05, 3.63) is 85.6 Å². The summed E-state index contributed by atoms with van der Waals surface area (Å²) in [5, 5.41) is 25.8. The van der Waals surface area contributed by atoms with Gasteiger partial charge in [-0.15, -0.1) is 22.0 Å². The maximum atomic E-state index is 13.6. The normalized spacial score (nSPS) is 18.5. The van der Waals surface area contributed by atoms with Gasteiger partial charge in [0.05, 0.1) is 18.8 Å². The fraction of sp³-hybridized carbons (Fsp3) is 0.424. The number of nitrogens with zero attached hydrogens (tertiary/aromatic N) is 3. The number of hydrogen-bond donors (Lipinski definition) is 3. The van der Waals surface area contributed by atoms with Gasteiger partial charge in [0, 0.05) is 35.4 Å². The predicted molar refractivity (Wildman–Crippen MR) is 188 cm³/mol. The third-order valence-corrected chi connectivity index (χ3v) is 11.3. The summed E-state index contributed by atoms with van der Waals surface area (Å²) in [7, 11) is 0. The summed E-state index contributed by atoms with van der Waals surface area (Å²) >= 11 is 4.27. The molecule has 15 nitrogen and oxygen atoms in total. The van der Waals surface area contributed by atoms with Crippen LogP contribution >= 0.6 is 34.9 Å². The van der Waals surface area contributed by atoms with Crippen LogP contribution in [0, 0.1) is 13.8 Å². The van der Waals surface area contributed by atoms with Gasteiger partial charge in [-0.05, 0) is 45.8 Å². The molecule has 1 saturated heterocycles. The molecule has 1 fully saturated rings. The molecule has 3 aromatic rings. The number of β-lactam (4-membered cyclic amide) rings is 1. The van der Waals surface area contributed by atoms with Crippen LogP contribution in [0.2, 0.25) is 0 Å². The van der Waals surface area contributed by atoms with Gasteiger partial charge in [0.15, 0.2) is 28.3 Å². The number of Topliss-reactive ketones (excluding diaryl/α,β-unsaturated/α-hetero) is 1. The molecule has 272 valence electrons. The number of rotatable bonds is 16. The lowest BCUT2D eigenvalue weighted by atomic mass is 9.95. The summed E-state index contributed by atoms with van der Waals surface area (Å²) in [5.41, 5.74) is 1.87. The van der Waals surface area contributed by atoms with Crippen molar-refractivity contribution in [2.45, 2.75) is 69.1 Å². The molecule has 2 aliphatic heterocycles. The molecule has 51 heavy (non-hydrogen) atoms. The fourth-order valence-electron chi connectivity index (χ4n) is 5.43. The predicted octanol–water partition coefficient (Wildman–Crippen LogP) is 3.03. The van der Waals surface area contributed by atoms with E-state index in [1.54, 1.807) is 45.0 Å². The number of allylic oxidation sites excluding steroid dienone is 1. The molecule has 4 heterocycles. The summed E-state index contributed by atoms with van der Waals surface area (Å²) in [4.78, 5) is 65.2. The van der Waals surface area contributed by atoms with Gasteiger partial charge < -0.3 is 34.0 Å². The number of aromatic nitrogens is 2. The van der Waals surface area contributed by atoms with Gasteiger partial charge in [-0.2, -0.15) is 0 Å². The number of amides is 1. The Morgan fingerprint density at radius 3 is 2.63 bits per heavy atom. The quantitative estimate of drug-likeness (QED) is 0.0632. The van der Waals surface area contributed by atoms with Crippen LogP contribution in [0.4, 0.5) is 0 Å². The summed E-state index contributed by atoms with van der Waals surface area (Å²) in [6.45, 7) is 8.15. The van der Waals surface area contributed by atoms with Crippen LogP contribution in [0.5, 0.6) is 0 Å². The largest absolute Gasteiger partial charge is 0.519 e. The molecule has 5 rings (SSSR count). The Morgan fingerprint density at radius 1 is 1.18 bits per heavy atom. The average molecular weight is 760 g/mol. The minimum absolute atomic E-state index is 0.0589. The van der Waals surface area contributed by atoms with Crippen LogP contribution in [0.1, 0.15) is 59.3 Å². The molecule has 0 saturated carbocycles. The number of hydrogen-bond acceptors (Lipinski definition) is 17. The fourth-order valence-corrected chi connectivity index (χ4v) is 8.76. The second-order valence-corrected chi connectivity index (χ2v) is 15.1. The molecule has 0 bridgehead atoms. The van der Waals surface area contributed by atoms with Gasteiger partial charge in [-0.1, -0.05) is 47.4 Å². The van der Waals surface area contributed by atoms with Crippen LogP contribution < -0.4 is 16.5 Å². The molecular weight excluding hydrogens is 723 g/mol. The first-order valence-corrected chi connectivity index (χ1v) is 18.7. The topological polar surface area (TPSA) is 203 Å². The van der Waals surface area contributed by atoms with E-state index in [0.29, 0.717) is 32.7 Å². The van der Waals surface area contributed by atoms with E-state index in [1.165, 1.54) is 52.8 Å². The standard InChI is InChI=1S/C33H37N5O10S3/c1-6-45-25(40)11-16(2)35-17(3)28(41)22-10-8-7-9-21(22)23(39)12-34-26-29(42)38-27(31(43)46-13-24-18(4)47-33(44)48-24)20(14-49-30(26)38)15-50-32-37-36-19(5)51-32/h7-11,17,23,26,30,34-35,39H,6,12-15H2,1-5H3/t17-,23?,26?,30-/m0/s1. The maximum Gasteiger partial charge on any atom is 0.519 e. The Kier molecular flexibility index (Phi) is 12.6. The summed E-state index contributed by atoms with van der Waals surface area (Å²) in [6, 6.07) is 5.18. The number of aryl methyl sites for hydroxylation is 2. The minimum atomic E-state index is -1.15. The smallest absolute Gasteiger partial charge is 0.463 e. The van der Waals surface area contributed by atoms with E-state index in [0.717, 1.165) is 5.01 Å². The van der Waals surface area contributed by atoms with E-state index >= 15 is 0 Å². The first-order chi connectivity index (χ1) is 24.4. The van der Waals surface area contributed by atoms with Crippen LogP contribution in [0.25, 0.3) is 0 Å². The number of ketones is 1. The zero-order valence-corrected chi connectivity index (χ0v) is 30.9. The number of ether oxygens (including phenoxy) is 2. The van der Waals surface area contributed by atoms with Crippen molar-refractivity contribution in [3.63, 3.8) is 0 Å². The highest BCUT2D eigenvalue weighted by Crippen LogP contribution is 2.42. The second-order valence-electron chi connectivity index (χ2n) is 11.5. The SMILES string of the molecule is CCOC(=O)C=C(C)N[C@@H](C)C(=O)c1ccccc1C(O)CNC1C(=O)N2C(C(=O)OCc3oc(=O)oc3C)=C(CSc3nnc(C)s3)CS[C@@H]12. The van der Waals surface area contributed by atoms with Gasteiger partial charge in [-0.25, -0.2) is 14.4 Å². The first kappa shape index (κ1) is 38.0. The van der Waals surface area contributed by atoms with Crippen molar-refractivity contribution in [2.75, 3.05) is 24.7 Å². The highest BCUT2D eigenvalue weighted by Gasteiger charge is 2.53. The molecule has 4 atom stereocenters. The lowest BCUT2D eigenvalue weighted by molar-refractivity contribution is -0.152. The Balaban J connectivity index is 1.27. The first-order valence-electron chi connectivity index (χ1n) is 15.9. The molecule has 0 radical (unpaired) electrons. The lowest BCUT2D eigenvalue weighted by Crippen LogP contribution is -2.70. The van der Waals surface area contributed by atoms with Crippen molar-refractivity contribution in [2.24, 2.45) is 0 Å². The third-order valence-electron chi connectivity index (χ3n) is 7.86. The van der Waals surface area contributed by atoms with Gasteiger partial charge in [0.1, 0.15) is 22.1 Å².